The van der Waals surface area contributed by atoms with Crippen molar-refractivity contribution in [1.29, 1.82) is 0 Å². The van der Waals surface area contributed by atoms with Gasteiger partial charge >= 0.3 is 6.09 Å². The number of methoxy groups -OCH3 is 1. The van der Waals surface area contributed by atoms with Crippen molar-refractivity contribution in [1.82, 2.24) is 0 Å². The zero-order chi connectivity index (χ0) is 14.9. The summed E-state index contributed by atoms with van der Waals surface area (Å²) in [6, 6.07) is 2.87. The molecule has 20 heavy (non-hydrogen) atoms. The summed E-state index contributed by atoms with van der Waals surface area (Å²) < 4.78 is 10.2. The minimum atomic E-state index is -0.433. The third-order valence-corrected chi connectivity index (χ3v) is 3.49. The number of aromatic hydroxyl groups is 1. The van der Waals surface area contributed by atoms with Gasteiger partial charge in [-0.2, -0.15) is 0 Å². The van der Waals surface area contributed by atoms with Gasteiger partial charge in [0.15, 0.2) is 11.5 Å². The minimum absolute atomic E-state index is 0.0261. The van der Waals surface area contributed by atoms with E-state index < -0.39 is 6.09 Å². The Bertz CT molecular complexity index is 518. The fourth-order valence-electron chi connectivity index (χ4n) is 2.55. The quantitative estimate of drug-likeness (QED) is 0.867. The zero-order valence-electron chi connectivity index (χ0n) is 11.9. The molecule has 0 radical (unpaired) electrons. The molecule has 3 N–H and O–H groups in total. The average Bonchev–Trinajstić information content (AvgIpc) is 2.38. The second-order valence-corrected chi connectivity index (χ2v) is 4.84. The molecule has 1 heterocycles. The summed E-state index contributed by atoms with van der Waals surface area (Å²) in [5, 5.41) is 9.92. The molecule has 1 aromatic rings. The number of phenols is 1. The number of hydrogen-bond donors (Lipinski definition) is 2. The number of fused-ring (bicyclic) bond motifs is 1. The third kappa shape index (κ3) is 2.38. The number of ether oxygens (including phenoxy) is 2. The Morgan fingerprint density at radius 2 is 2.25 bits per heavy atom. The van der Waals surface area contributed by atoms with E-state index in [2.05, 4.69) is 0 Å². The average molecular weight is 280 g/mol. The summed E-state index contributed by atoms with van der Waals surface area (Å²) in [6.07, 6.45) is 0.192. The van der Waals surface area contributed by atoms with Gasteiger partial charge in [-0.3, -0.25) is 4.90 Å². The van der Waals surface area contributed by atoms with Crippen molar-refractivity contribution in [2.24, 2.45) is 5.73 Å². The van der Waals surface area contributed by atoms with Crippen molar-refractivity contribution in [3.63, 3.8) is 0 Å². The summed E-state index contributed by atoms with van der Waals surface area (Å²) in [5.41, 5.74) is 7.48. The van der Waals surface area contributed by atoms with Crippen LogP contribution in [0.2, 0.25) is 0 Å². The summed E-state index contributed by atoms with van der Waals surface area (Å²) in [4.78, 5) is 13.6. The normalized spacial score (nSPS) is 21.3. The Balaban J connectivity index is 2.51. The number of anilines is 1. The van der Waals surface area contributed by atoms with Crippen molar-refractivity contribution in [2.45, 2.75) is 32.4 Å². The monoisotopic (exact) mass is 280 g/mol. The molecular formula is C14H20N2O4. The molecule has 2 atom stereocenters. The highest BCUT2D eigenvalue weighted by Crippen LogP contribution is 2.42. The number of benzene rings is 1. The SMILES string of the molecule is CCOC(=O)N1c2cc(O)c(OC)cc2[C@@H](N)C[C@H]1C. The Morgan fingerprint density at radius 3 is 2.85 bits per heavy atom. The van der Waals surface area contributed by atoms with E-state index in [1.165, 1.54) is 18.1 Å². The first-order valence-electron chi connectivity index (χ1n) is 6.62. The molecule has 2 rings (SSSR count). The van der Waals surface area contributed by atoms with E-state index in [4.69, 9.17) is 15.2 Å². The highest BCUT2D eigenvalue weighted by Gasteiger charge is 2.34. The lowest BCUT2D eigenvalue weighted by Gasteiger charge is -2.37. The van der Waals surface area contributed by atoms with Crippen LogP contribution in [0, 0.1) is 0 Å². The maximum atomic E-state index is 12.1. The first-order chi connectivity index (χ1) is 9.49. The highest BCUT2D eigenvalue weighted by molar-refractivity contribution is 5.91. The van der Waals surface area contributed by atoms with Crippen molar-refractivity contribution in [3.8, 4) is 11.5 Å². The summed E-state index contributed by atoms with van der Waals surface area (Å²) in [5.74, 6) is 0.319. The molecule has 110 valence electrons. The van der Waals surface area contributed by atoms with Gasteiger partial charge in [0.25, 0.3) is 0 Å². The van der Waals surface area contributed by atoms with Crippen LogP contribution in [0.4, 0.5) is 10.5 Å². The van der Waals surface area contributed by atoms with Crippen LogP contribution in [0.25, 0.3) is 0 Å². The molecule has 0 saturated carbocycles. The zero-order valence-corrected chi connectivity index (χ0v) is 11.9. The summed E-state index contributed by atoms with van der Waals surface area (Å²) in [6.45, 7) is 3.96. The van der Waals surface area contributed by atoms with Gasteiger partial charge in [-0.1, -0.05) is 0 Å². The molecule has 0 spiro atoms. The van der Waals surface area contributed by atoms with Gasteiger partial charge in [-0.15, -0.1) is 0 Å². The number of rotatable bonds is 2. The van der Waals surface area contributed by atoms with E-state index in [1.807, 2.05) is 6.92 Å². The predicted octanol–water partition coefficient (Wildman–Crippen LogP) is 2.16. The molecular weight excluding hydrogens is 260 g/mol. The fourth-order valence-corrected chi connectivity index (χ4v) is 2.55. The van der Waals surface area contributed by atoms with Gasteiger partial charge < -0.3 is 20.3 Å². The van der Waals surface area contributed by atoms with Crippen LogP contribution in [0.1, 0.15) is 31.9 Å². The van der Waals surface area contributed by atoms with Crippen LogP contribution in [0.15, 0.2) is 12.1 Å². The van der Waals surface area contributed by atoms with Gasteiger partial charge in [0.2, 0.25) is 0 Å². The molecule has 0 bridgehead atoms. The Morgan fingerprint density at radius 1 is 1.55 bits per heavy atom. The number of nitrogens with two attached hydrogens (primary N) is 1. The molecule has 0 saturated heterocycles. The van der Waals surface area contributed by atoms with Crippen LogP contribution < -0.4 is 15.4 Å². The van der Waals surface area contributed by atoms with Crippen LogP contribution >= 0.6 is 0 Å². The molecule has 6 nitrogen and oxygen atoms in total. The van der Waals surface area contributed by atoms with Gasteiger partial charge in [-0.25, -0.2) is 4.79 Å². The van der Waals surface area contributed by atoms with Gasteiger partial charge in [0, 0.05) is 18.2 Å². The molecule has 0 fully saturated rings. The van der Waals surface area contributed by atoms with Gasteiger partial charge in [0.05, 0.1) is 19.4 Å². The van der Waals surface area contributed by atoms with E-state index in [-0.39, 0.29) is 17.8 Å². The van der Waals surface area contributed by atoms with Crippen LogP contribution in [0.3, 0.4) is 0 Å². The van der Waals surface area contributed by atoms with Crippen molar-refractivity contribution in [3.05, 3.63) is 17.7 Å². The third-order valence-electron chi connectivity index (χ3n) is 3.49. The number of carbonyl (C=O) groups excluding carboxylic acids is 1. The summed E-state index contributed by atoms with van der Waals surface area (Å²) in [7, 11) is 1.47. The molecule has 0 unspecified atom stereocenters. The molecule has 1 aliphatic rings. The Labute approximate surface area is 118 Å². The lowest BCUT2D eigenvalue weighted by Crippen LogP contribution is -2.44. The Hall–Kier alpha value is -1.95. The first kappa shape index (κ1) is 14.5. The topological polar surface area (TPSA) is 85.0 Å². The van der Waals surface area contributed by atoms with Crippen LogP contribution in [-0.2, 0) is 4.74 Å². The highest BCUT2D eigenvalue weighted by atomic mass is 16.6. The predicted molar refractivity (Wildman–Crippen MR) is 75.2 cm³/mol. The Kier molecular flexibility index (Phi) is 4.04. The number of phenolic OH excluding ortho intramolecular Hbond substituents is 1. The molecule has 0 aromatic heterocycles. The maximum Gasteiger partial charge on any atom is 0.414 e. The maximum absolute atomic E-state index is 12.1. The lowest BCUT2D eigenvalue weighted by molar-refractivity contribution is 0.156. The minimum Gasteiger partial charge on any atom is -0.504 e. The lowest BCUT2D eigenvalue weighted by atomic mass is 9.92. The van der Waals surface area contributed by atoms with Crippen molar-refractivity contribution in [2.75, 3.05) is 18.6 Å². The molecule has 6 heteroatoms. The second kappa shape index (κ2) is 5.58. The number of carbonyl (C=O) groups is 1. The van der Waals surface area contributed by atoms with E-state index >= 15 is 0 Å². The standard InChI is InChI=1S/C14H20N2O4/c1-4-20-14(18)16-8(2)5-10(15)9-6-13(19-3)12(17)7-11(9)16/h6-8,10,17H,4-5,15H2,1-3H3/t8-,10+/m1/s1. The summed E-state index contributed by atoms with van der Waals surface area (Å²) >= 11 is 0. The van der Waals surface area contributed by atoms with E-state index in [1.54, 1.807) is 13.0 Å². The van der Waals surface area contributed by atoms with Crippen LogP contribution in [-0.4, -0.2) is 31.0 Å². The van der Waals surface area contributed by atoms with Gasteiger partial charge in [-0.05, 0) is 31.9 Å². The molecule has 1 amide bonds. The number of hydrogen-bond acceptors (Lipinski definition) is 5. The molecule has 1 aliphatic heterocycles. The van der Waals surface area contributed by atoms with E-state index in [9.17, 15) is 9.90 Å². The van der Waals surface area contributed by atoms with Crippen molar-refractivity contribution < 1.29 is 19.4 Å². The van der Waals surface area contributed by atoms with Crippen molar-refractivity contribution >= 4 is 11.8 Å². The largest absolute Gasteiger partial charge is 0.504 e. The molecule has 1 aromatic carbocycles. The number of nitrogens with zero attached hydrogens (tertiary/aromatic N) is 1. The van der Waals surface area contributed by atoms with E-state index in [0.717, 1.165) is 5.56 Å². The smallest absolute Gasteiger partial charge is 0.414 e. The fraction of sp³-hybridized carbons (Fsp3) is 0.500. The van der Waals surface area contributed by atoms with Gasteiger partial charge in [0.1, 0.15) is 0 Å². The molecule has 0 aliphatic carbocycles. The van der Waals surface area contributed by atoms with E-state index in [0.29, 0.717) is 24.5 Å². The number of amides is 1. The first-order valence-corrected chi connectivity index (χ1v) is 6.62. The second-order valence-electron chi connectivity index (χ2n) is 4.84. The van der Waals surface area contributed by atoms with Crippen LogP contribution in [0.5, 0.6) is 11.5 Å².